The van der Waals surface area contributed by atoms with Crippen molar-refractivity contribution < 1.29 is 9.59 Å². The molecule has 4 fully saturated rings. The Morgan fingerprint density at radius 3 is 1.48 bits per heavy atom. The molecule has 4 N–H and O–H groups in total. The normalized spacial score (nSPS) is 28.0. The number of nitrogens with zero attached hydrogens (tertiary/aromatic N) is 8. The van der Waals surface area contributed by atoms with Gasteiger partial charge >= 0.3 is 12.1 Å². The average molecular weight is 752 g/mol. The average Bonchev–Trinajstić information content (AvgIpc) is 3.68. The third-order valence-corrected chi connectivity index (χ3v) is 12.6. The van der Waals surface area contributed by atoms with Crippen LogP contribution in [-0.2, 0) is 11.1 Å². The molecule has 2 aliphatic carbocycles. The van der Waals surface area contributed by atoms with Gasteiger partial charge in [0.1, 0.15) is 5.15 Å². The molecular formula is C40H50ClN11O2. The van der Waals surface area contributed by atoms with Gasteiger partial charge in [-0.1, -0.05) is 72.3 Å². The van der Waals surface area contributed by atoms with Crippen molar-refractivity contribution in [3.8, 4) is 0 Å². The molecule has 14 heteroatoms. The number of rotatable bonds is 6. The fourth-order valence-electron chi connectivity index (χ4n) is 9.06. The van der Waals surface area contributed by atoms with E-state index >= 15 is 0 Å². The van der Waals surface area contributed by atoms with E-state index in [1.54, 1.807) is 28.4 Å². The summed E-state index contributed by atoms with van der Waals surface area (Å²) in [6.45, 7) is 1.25. The van der Waals surface area contributed by atoms with Gasteiger partial charge in [-0.15, -0.1) is 0 Å². The minimum Gasteiger partial charge on any atom is -0.368 e. The number of halogens is 1. The Labute approximate surface area is 322 Å². The molecule has 4 aliphatic rings. The standard InChI is InChI=1S/C20H24ClN5O.C20H26N6O/c1-25(2)20(15-6-4-3-5-7-15)10-8-19(9-11-20)14-26(18(27)24-19)17-13-22-16(21)12-23-17;1-25(2)20(15-6-4-3-5-7-15)10-8-19(9-11-20)14-26(18(27)24-19)16-12-22-17(21)23-13-16/h3-7,12-13H,8-11,14H2,1-2H3,(H,24,27);3-7,12-13H,8-11,14H2,1-2H3,(H,24,27)(H2,21,22,23). The van der Waals surface area contributed by atoms with Crippen LogP contribution in [0.1, 0.15) is 62.5 Å². The van der Waals surface area contributed by atoms with E-state index in [0.29, 0.717) is 29.7 Å². The van der Waals surface area contributed by atoms with Crippen LogP contribution in [0, 0.1) is 0 Å². The molecule has 13 nitrogen and oxygen atoms in total. The predicted octanol–water partition coefficient (Wildman–Crippen LogP) is 5.79. The molecule has 2 aliphatic heterocycles. The van der Waals surface area contributed by atoms with E-state index in [1.807, 2.05) is 0 Å². The molecule has 2 aromatic carbocycles. The highest BCUT2D eigenvalue weighted by molar-refractivity contribution is 6.29. The zero-order valence-corrected chi connectivity index (χ0v) is 32.3. The monoisotopic (exact) mass is 751 g/mol. The van der Waals surface area contributed by atoms with E-state index in [4.69, 9.17) is 17.3 Å². The second-order valence-electron chi connectivity index (χ2n) is 15.7. The van der Waals surface area contributed by atoms with Gasteiger partial charge in [0.15, 0.2) is 5.82 Å². The summed E-state index contributed by atoms with van der Waals surface area (Å²) < 4.78 is 0. The van der Waals surface area contributed by atoms with Crippen molar-refractivity contribution in [2.24, 2.45) is 0 Å². The van der Waals surface area contributed by atoms with Crippen LogP contribution >= 0.6 is 11.6 Å². The Bertz CT molecular complexity index is 1770. The Morgan fingerprint density at radius 2 is 1.06 bits per heavy atom. The predicted molar refractivity (Wildman–Crippen MR) is 211 cm³/mol. The fraction of sp³-hybridized carbons (Fsp3) is 0.450. The number of urea groups is 2. The number of nitrogens with two attached hydrogens (primary N) is 1. The molecule has 0 atom stereocenters. The lowest BCUT2D eigenvalue weighted by Gasteiger charge is -2.48. The molecule has 2 saturated carbocycles. The van der Waals surface area contributed by atoms with Crippen molar-refractivity contribution in [2.45, 2.75) is 73.5 Å². The summed E-state index contributed by atoms with van der Waals surface area (Å²) in [5, 5.41) is 6.79. The zero-order valence-electron chi connectivity index (χ0n) is 31.5. The van der Waals surface area contributed by atoms with Gasteiger partial charge in [0, 0.05) is 11.1 Å². The number of nitrogens with one attached hydrogen (secondary N) is 2. The molecule has 54 heavy (non-hydrogen) atoms. The van der Waals surface area contributed by atoms with Gasteiger partial charge in [-0.3, -0.25) is 19.6 Å². The molecule has 4 aromatic rings. The molecule has 0 bridgehead atoms. The summed E-state index contributed by atoms with van der Waals surface area (Å²) in [7, 11) is 8.59. The molecule has 2 aromatic heterocycles. The van der Waals surface area contributed by atoms with Gasteiger partial charge in [0.25, 0.3) is 0 Å². The maximum atomic E-state index is 12.6. The Balaban J connectivity index is 0.000000167. The molecule has 8 rings (SSSR count). The highest BCUT2D eigenvalue weighted by Crippen LogP contribution is 2.47. The van der Waals surface area contributed by atoms with Crippen molar-refractivity contribution in [1.29, 1.82) is 0 Å². The summed E-state index contributed by atoms with van der Waals surface area (Å²) in [6, 6.07) is 21.2. The maximum absolute atomic E-state index is 12.6. The van der Waals surface area contributed by atoms with Gasteiger partial charge in [-0.25, -0.2) is 29.5 Å². The van der Waals surface area contributed by atoms with Gasteiger partial charge in [0.2, 0.25) is 5.95 Å². The van der Waals surface area contributed by atoms with Crippen LogP contribution in [-0.4, -0.2) is 94.2 Å². The summed E-state index contributed by atoms with van der Waals surface area (Å²) in [6.07, 6.45) is 13.9. The molecular weight excluding hydrogens is 702 g/mol. The third-order valence-electron chi connectivity index (χ3n) is 12.4. The summed E-state index contributed by atoms with van der Waals surface area (Å²) in [5.41, 5.74) is 8.53. The van der Waals surface area contributed by atoms with Gasteiger partial charge in [0.05, 0.1) is 54.6 Å². The number of benzene rings is 2. The maximum Gasteiger partial charge on any atom is 0.323 e. The highest BCUT2D eigenvalue weighted by Gasteiger charge is 2.52. The van der Waals surface area contributed by atoms with Crippen LogP contribution in [0.5, 0.6) is 0 Å². The van der Waals surface area contributed by atoms with Crippen molar-refractivity contribution in [2.75, 3.05) is 56.8 Å². The van der Waals surface area contributed by atoms with Crippen LogP contribution in [0.2, 0.25) is 5.15 Å². The van der Waals surface area contributed by atoms with E-state index in [1.165, 1.54) is 17.3 Å². The van der Waals surface area contributed by atoms with Crippen LogP contribution in [0.25, 0.3) is 0 Å². The zero-order chi connectivity index (χ0) is 38.1. The first-order valence-corrected chi connectivity index (χ1v) is 19.0. The van der Waals surface area contributed by atoms with Gasteiger partial charge < -0.3 is 16.4 Å². The molecule has 2 saturated heterocycles. The quantitative estimate of drug-likeness (QED) is 0.223. The lowest BCUT2D eigenvalue weighted by Crippen LogP contribution is -2.54. The minimum absolute atomic E-state index is 0.00470. The van der Waals surface area contributed by atoms with Crippen molar-refractivity contribution in [3.05, 3.63) is 102 Å². The van der Waals surface area contributed by atoms with Crippen molar-refractivity contribution in [1.82, 2.24) is 40.4 Å². The van der Waals surface area contributed by atoms with Crippen LogP contribution in [0.15, 0.2) is 85.5 Å². The molecule has 2 spiro atoms. The second-order valence-corrected chi connectivity index (χ2v) is 16.1. The Kier molecular flexibility index (Phi) is 10.2. The lowest BCUT2D eigenvalue weighted by atomic mass is 9.69. The second kappa shape index (κ2) is 14.8. The number of carbonyl (C=O) groups excluding carboxylic acids is 2. The van der Waals surface area contributed by atoms with Gasteiger partial charge in [-0.2, -0.15) is 0 Å². The Hall–Kier alpha value is -4.85. The van der Waals surface area contributed by atoms with Crippen molar-refractivity contribution >= 4 is 41.1 Å². The lowest BCUT2D eigenvalue weighted by molar-refractivity contribution is 0.0657. The number of hydrogen-bond acceptors (Lipinski definition) is 9. The molecule has 4 amide bonds. The number of aromatic nitrogens is 4. The number of amides is 4. The smallest absolute Gasteiger partial charge is 0.323 e. The van der Waals surface area contributed by atoms with E-state index in [-0.39, 0.29) is 40.2 Å². The molecule has 284 valence electrons. The third kappa shape index (κ3) is 7.07. The minimum atomic E-state index is -0.216. The molecule has 0 unspecified atom stereocenters. The number of anilines is 3. The van der Waals surface area contributed by atoms with E-state index in [9.17, 15) is 9.59 Å². The van der Waals surface area contributed by atoms with E-state index in [0.717, 1.165) is 51.4 Å². The number of carbonyl (C=O) groups is 2. The van der Waals surface area contributed by atoms with Crippen LogP contribution in [0.4, 0.5) is 27.0 Å². The van der Waals surface area contributed by atoms with E-state index < -0.39 is 0 Å². The first-order chi connectivity index (χ1) is 25.9. The first-order valence-electron chi connectivity index (χ1n) is 18.6. The SMILES string of the molecule is CN(C)C1(c2ccccc2)CCC2(CC1)CN(c1cnc(Cl)cn1)C(=O)N2.CN(C)C1(c2ccccc2)CCC2(CC1)CN(c1cnc(N)nc1)C(=O)N2. The fourth-order valence-corrected chi connectivity index (χ4v) is 9.16. The van der Waals surface area contributed by atoms with Crippen LogP contribution < -0.4 is 26.2 Å². The summed E-state index contributed by atoms with van der Waals surface area (Å²) in [5.74, 6) is 0.755. The van der Waals surface area contributed by atoms with Crippen molar-refractivity contribution in [3.63, 3.8) is 0 Å². The number of hydrogen-bond donors (Lipinski definition) is 3. The number of nitrogen functional groups attached to an aromatic ring is 1. The summed E-state index contributed by atoms with van der Waals surface area (Å²) in [4.78, 5) is 49.6. The van der Waals surface area contributed by atoms with Crippen LogP contribution in [0.3, 0.4) is 0 Å². The topological polar surface area (TPSA) is 149 Å². The van der Waals surface area contributed by atoms with E-state index in [2.05, 4.69) is 129 Å². The highest BCUT2D eigenvalue weighted by atomic mass is 35.5. The molecule has 4 heterocycles. The largest absolute Gasteiger partial charge is 0.368 e. The summed E-state index contributed by atoms with van der Waals surface area (Å²) >= 11 is 5.82. The first kappa shape index (κ1) is 37.5. The molecule has 0 radical (unpaired) electrons. The Morgan fingerprint density at radius 1 is 0.611 bits per heavy atom. The van der Waals surface area contributed by atoms with Gasteiger partial charge in [-0.05, 0) is 90.7 Å².